The Morgan fingerprint density at radius 2 is 1.84 bits per heavy atom. The molecule has 0 aliphatic heterocycles. The molecule has 0 spiro atoms. The third-order valence-corrected chi connectivity index (χ3v) is 4.89. The number of nitrogens with two attached hydrogens (primary N) is 1. The van der Waals surface area contributed by atoms with Crippen LogP contribution in [0.1, 0.15) is 44.6 Å². The molecule has 1 unspecified atom stereocenters. The van der Waals surface area contributed by atoms with E-state index in [0.29, 0.717) is 29.8 Å². The maximum absolute atomic E-state index is 10.9. The molecule has 0 aliphatic carbocycles. The third-order valence-electron chi connectivity index (χ3n) is 4.89. The number of aromatic nitrogens is 3. The SMILES string of the molecule is CCCCCCCOc1ccc(-c2nc(-c3ccc(CC(N)C(=O)O)cc3)no2)cn1. The zero-order valence-corrected chi connectivity index (χ0v) is 17.7. The van der Waals surface area contributed by atoms with Gasteiger partial charge in [-0.15, -0.1) is 0 Å². The van der Waals surface area contributed by atoms with Crippen molar-refractivity contribution in [1.29, 1.82) is 0 Å². The van der Waals surface area contributed by atoms with Gasteiger partial charge in [0.1, 0.15) is 6.04 Å². The summed E-state index contributed by atoms with van der Waals surface area (Å²) in [6.07, 6.45) is 7.84. The average molecular weight is 425 g/mol. The van der Waals surface area contributed by atoms with Crippen molar-refractivity contribution in [2.45, 2.75) is 51.5 Å². The molecule has 0 aliphatic rings. The standard InChI is InChI=1S/C23H28N4O4/c1-2-3-4-5-6-13-30-20-12-11-18(15-25-20)22-26-21(27-31-22)17-9-7-16(8-10-17)14-19(24)23(28)29/h7-12,15,19H,2-6,13-14,24H2,1H3,(H,28,29). The van der Waals surface area contributed by atoms with E-state index >= 15 is 0 Å². The summed E-state index contributed by atoms with van der Waals surface area (Å²) in [5, 5.41) is 12.9. The van der Waals surface area contributed by atoms with Gasteiger partial charge in [-0.25, -0.2) is 4.98 Å². The van der Waals surface area contributed by atoms with Crippen molar-refractivity contribution in [3.63, 3.8) is 0 Å². The molecule has 3 rings (SSSR count). The largest absolute Gasteiger partial charge is 0.480 e. The highest BCUT2D eigenvalue weighted by Gasteiger charge is 2.14. The van der Waals surface area contributed by atoms with Crippen molar-refractivity contribution in [1.82, 2.24) is 15.1 Å². The Morgan fingerprint density at radius 1 is 1.10 bits per heavy atom. The van der Waals surface area contributed by atoms with E-state index in [0.717, 1.165) is 17.5 Å². The number of carboxylic acids is 1. The highest BCUT2D eigenvalue weighted by molar-refractivity contribution is 5.73. The van der Waals surface area contributed by atoms with E-state index in [1.165, 1.54) is 25.7 Å². The molecule has 1 atom stereocenters. The van der Waals surface area contributed by atoms with Crippen LogP contribution in [0.15, 0.2) is 47.1 Å². The Kier molecular flexibility index (Phi) is 8.12. The Morgan fingerprint density at radius 3 is 2.52 bits per heavy atom. The zero-order chi connectivity index (χ0) is 22.1. The number of carbonyl (C=O) groups is 1. The lowest BCUT2D eigenvalue weighted by atomic mass is 10.0. The van der Waals surface area contributed by atoms with E-state index in [2.05, 4.69) is 22.0 Å². The fourth-order valence-electron chi connectivity index (χ4n) is 3.06. The number of hydrogen-bond donors (Lipinski definition) is 2. The minimum Gasteiger partial charge on any atom is -0.480 e. The maximum Gasteiger partial charge on any atom is 0.320 e. The van der Waals surface area contributed by atoms with Crippen LogP contribution >= 0.6 is 0 Å². The fraction of sp³-hybridized carbons (Fsp3) is 0.391. The maximum atomic E-state index is 10.9. The van der Waals surface area contributed by atoms with Gasteiger partial charge in [0.05, 0.1) is 12.2 Å². The number of carboxylic acid groups (broad SMARTS) is 1. The number of unbranched alkanes of at least 4 members (excludes halogenated alkanes) is 4. The number of pyridine rings is 1. The van der Waals surface area contributed by atoms with Crippen LogP contribution in [0.25, 0.3) is 22.8 Å². The molecule has 2 aromatic heterocycles. The molecule has 0 amide bonds. The highest BCUT2D eigenvalue weighted by Crippen LogP contribution is 2.23. The lowest BCUT2D eigenvalue weighted by Crippen LogP contribution is -2.32. The van der Waals surface area contributed by atoms with Crippen molar-refractivity contribution in [2.75, 3.05) is 6.61 Å². The van der Waals surface area contributed by atoms with Gasteiger partial charge in [-0.05, 0) is 24.5 Å². The number of benzene rings is 1. The summed E-state index contributed by atoms with van der Waals surface area (Å²) in [7, 11) is 0. The van der Waals surface area contributed by atoms with E-state index in [9.17, 15) is 4.79 Å². The van der Waals surface area contributed by atoms with Crippen molar-refractivity contribution in [2.24, 2.45) is 5.73 Å². The summed E-state index contributed by atoms with van der Waals surface area (Å²) in [5.74, 6) is 0.361. The normalized spacial score (nSPS) is 11.9. The minimum absolute atomic E-state index is 0.256. The van der Waals surface area contributed by atoms with E-state index < -0.39 is 12.0 Å². The van der Waals surface area contributed by atoms with E-state index in [4.69, 9.17) is 20.1 Å². The summed E-state index contributed by atoms with van der Waals surface area (Å²) in [5.41, 5.74) is 7.87. The second-order valence-electron chi connectivity index (χ2n) is 7.42. The number of aliphatic carboxylic acids is 1. The minimum atomic E-state index is -1.02. The molecule has 0 saturated heterocycles. The van der Waals surface area contributed by atoms with Crippen molar-refractivity contribution >= 4 is 5.97 Å². The predicted octanol–water partition coefficient (Wildman–Crippen LogP) is 4.10. The number of hydrogen-bond acceptors (Lipinski definition) is 7. The summed E-state index contributed by atoms with van der Waals surface area (Å²) in [6.45, 7) is 2.86. The van der Waals surface area contributed by atoms with Gasteiger partial charge in [-0.2, -0.15) is 4.98 Å². The van der Waals surface area contributed by atoms with E-state index in [1.807, 2.05) is 30.3 Å². The molecule has 0 fully saturated rings. The average Bonchev–Trinajstić information content (AvgIpc) is 3.27. The molecule has 0 bridgehead atoms. The highest BCUT2D eigenvalue weighted by atomic mass is 16.5. The molecular weight excluding hydrogens is 396 g/mol. The van der Waals surface area contributed by atoms with E-state index in [-0.39, 0.29) is 6.42 Å². The first kappa shape index (κ1) is 22.4. The molecule has 8 nitrogen and oxygen atoms in total. The molecule has 1 aromatic carbocycles. The number of ether oxygens (including phenoxy) is 1. The predicted molar refractivity (Wildman–Crippen MR) is 117 cm³/mol. The van der Waals surface area contributed by atoms with Gasteiger partial charge in [0.2, 0.25) is 11.7 Å². The smallest absolute Gasteiger partial charge is 0.320 e. The molecule has 31 heavy (non-hydrogen) atoms. The van der Waals surface area contributed by atoms with Crippen molar-refractivity contribution in [3.05, 3.63) is 48.2 Å². The van der Waals surface area contributed by atoms with Gasteiger partial charge in [-0.1, -0.05) is 62.0 Å². The Bertz CT molecular complexity index is 954. The first-order chi connectivity index (χ1) is 15.1. The Hall–Kier alpha value is -3.26. The van der Waals surface area contributed by atoms with Crippen LogP contribution < -0.4 is 10.5 Å². The molecular formula is C23H28N4O4. The Labute approximate surface area is 181 Å². The number of nitrogens with zero attached hydrogens (tertiary/aromatic N) is 3. The molecule has 3 aromatic rings. The summed E-state index contributed by atoms with van der Waals surface area (Å²) in [4.78, 5) is 19.6. The molecule has 8 heteroatoms. The summed E-state index contributed by atoms with van der Waals surface area (Å²) in [6, 6.07) is 9.96. The quantitative estimate of drug-likeness (QED) is 0.416. The lowest BCUT2D eigenvalue weighted by molar-refractivity contribution is -0.138. The van der Waals surface area contributed by atoms with Crippen molar-refractivity contribution < 1.29 is 19.2 Å². The van der Waals surface area contributed by atoms with Crippen LogP contribution in [0.5, 0.6) is 5.88 Å². The van der Waals surface area contributed by atoms with Gasteiger partial charge in [0.15, 0.2) is 0 Å². The van der Waals surface area contributed by atoms with Crippen LogP contribution in [0.4, 0.5) is 0 Å². The van der Waals surface area contributed by atoms with Crippen molar-refractivity contribution in [3.8, 4) is 28.7 Å². The monoisotopic (exact) mass is 424 g/mol. The van der Waals surface area contributed by atoms with Gasteiger partial charge in [0, 0.05) is 17.8 Å². The first-order valence-corrected chi connectivity index (χ1v) is 10.6. The zero-order valence-electron chi connectivity index (χ0n) is 17.7. The number of rotatable bonds is 12. The van der Waals surface area contributed by atoms with Crippen LogP contribution in [0, 0.1) is 0 Å². The summed E-state index contributed by atoms with van der Waals surface area (Å²) < 4.78 is 11.0. The molecule has 0 saturated carbocycles. The molecule has 3 N–H and O–H groups in total. The third kappa shape index (κ3) is 6.62. The topological polar surface area (TPSA) is 124 Å². The molecule has 0 radical (unpaired) electrons. The van der Waals surface area contributed by atoms with Gasteiger partial charge < -0.3 is 20.1 Å². The lowest BCUT2D eigenvalue weighted by Gasteiger charge is -2.06. The summed E-state index contributed by atoms with van der Waals surface area (Å²) >= 11 is 0. The van der Waals surface area contributed by atoms with E-state index in [1.54, 1.807) is 12.3 Å². The molecule has 2 heterocycles. The second kappa shape index (κ2) is 11.2. The van der Waals surface area contributed by atoms with Crippen LogP contribution in [0.2, 0.25) is 0 Å². The van der Waals surface area contributed by atoms with Crippen LogP contribution in [0.3, 0.4) is 0 Å². The van der Waals surface area contributed by atoms with Gasteiger partial charge >= 0.3 is 5.97 Å². The van der Waals surface area contributed by atoms with Gasteiger partial charge in [-0.3, -0.25) is 4.79 Å². The van der Waals surface area contributed by atoms with Gasteiger partial charge in [0.25, 0.3) is 5.89 Å². The second-order valence-corrected chi connectivity index (χ2v) is 7.42. The van der Waals surface area contributed by atoms with Crippen LogP contribution in [-0.4, -0.2) is 38.8 Å². The molecule has 164 valence electrons. The Balaban J connectivity index is 1.56. The first-order valence-electron chi connectivity index (χ1n) is 10.6. The van der Waals surface area contributed by atoms with Crippen LogP contribution in [-0.2, 0) is 11.2 Å². The fourth-order valence-corrected chi connectivity index (χ4v) is 3.06.